The summed E-state index contributed by atoms with van der Waals surface area (Å²) in [4.78, 5) is 20.0. The molecule has 0 spiro atoms. The van der Waals surface area contributed by atoms with E-state index < -0.39 is 6.03 Å². The van der Waals surface area contributed by atoms with Crippen LogP contribution in [0.4, 0.5) is 16.6 Å². The van der Waals surface area contributed by atoms with E-state index in [-0.39, 0.29) is 45.6 Å². The molecule has 0 saturated carbocycles. The summed E-state index contributed by atoms with van der Waals surface area (Å²) in [6.07, 6.45) is 0. The number of nitrogens with one attached hydrogen (secondary N) is 3. The molecule has 4 rings (SSSR count). The number of carbonyl (C=O) groups is 1. The van der Waals surface area contributed by atoms with E-state index in [0.717, 1.165) is 22.4 Å². The molecule has 2 heterocycles. The van der Waals surface area contributed by atoms with Gasteiger partial charge in [-0.25, -0.2) is 14.5 Å². The van der Waals surface area contributed by atoms with Crippen LogP contribution in [0.2, 0.25) is 0 Å². The molecule has 0 aliphatic carbocycles. The molecule has 0 aliphatic heterocycles. The summed E-state index contributed by atoms with van der Waals surface area (Å²) in [6, 6.07) is 19.5. The van der Waals surface area contributed by atoms with E-state index in [0.29, 0.717) is 11.8 Å². The first-order chi connectivity index (χ1) is 13.4. The number of hydrogen-bond acceptors (Lipinski definition) is 3. The summed E-state index contributed by atoms with van der Waals surface area (Å²) in [7, 11) is 0. The summed E-state index contributed by atoms with van der Waals surface area (Å²) >= 11 is 0. The molecule has 2 aromatic carbocycles. The molecule has 8 heteroatoms. The number of aromatic amines is 1. The molecule has 2 aromatic heterocycles. The Bertz CT molecular complexity index is 1090. The average Bonchev–Trinajstić information content (AvgIpc) is 3.25. The van der Waals surface area contributed by atoms with Crippen LogP contribution in [0.15, 0.2) is 54.6 Å². The predicted molar refractivity (Wildman–Crippen MR) is 116 cm³/mol. The van der Waals surface area contributed by atoms with Crippen LogP contribution in [0.1, 0.15) is 26.5 Å². The van der Waals surface area contributed by atoms with E-state index in [4.69, 9.17) is 0 Å². The number of anilines is 2. The first-order valence-corrected chi connectivity index (χ1v) is 9.00. The van der Waals surface area contributed by atoms with Crippen molar-refractivity contribution in [2.24, 2.45) is 0 Å². The molecule has 0 unspecified atom stereocenters. The van der Waals surface area contributed by atoms with Crippen molar-refractivity contribution in [2.75, 3.05) is 10.6 Å². The quantitative estimate of drug-likeness (QED) is 0.366. The van der Waals surface area contributed by atoms with Gasteiger partial charge in [0.25, 0.3) is 0 Å². The Morgan fingerprint density at radius 3 is 2.47 bits per heavy atom. The fourth-order valence-electron chi connectivity index (χ4n) is 2.82. The number of benzene rings is 2. The van der Waals surface area contributed by atoms with Crippen molar-refractivity contribution >= 4 is 28.8 Å². The van der Waals surface area contributed by atoms with Crippen LogP contribution in [-0.2, 0) is 38.1 Å². The fraction of sp³-hybridized carbons (Fsp3) is 0.182. The third kappa shape index (κ3) is 5.15. The van der Waals surface area contributed by atoms with Crippen LogP contribution in [0.3, 0.4) is 0 Å². The third-order valence-corrected chi connectivity index (χ3v) is 4.29. The van der Waals surface area contributed by atoms with E-state index >= 15 is 0 Å². The molecule has 0 saturated heterocycles. The maximum Gasteiger partial charge on any atom is 0.327 e. The van der Waals surface area contributed by atoms with Crippen molar-refractivity contribution in [3.63, 3.8) is 0 Å². The Kier molecular flexibility index (Phi) is 7.56. The van der Waals surface area contributed by atoms with Crippen LogP contribution < -0.4 is 10.6 Å². The molecule has 7 nitrogen and oxygen atoms in total. The first-order valence-electron chi connectivity index (χ1n) is 9.00. The van der Waals surface area contributed by atoms with Gasteiger partial charge in [0, 0.05) is 44.2 Å². The standard InChI is InChI=1S/C21H21N6O.CH3.Y/c1-21(2,3)17-13-18(27(26-17)14-9-5-4-6-10-14)24-20(28)25-19-22-15-11-7-8-12-16(15)23-19;;/h5-13H,1-3H3,(H3,22,23,24,25,28);1H3;/q2*-1;. The monoisotopic (exact) mass is 477 g/mol. The molecule has 3 N–H and O–H groups in total. The van der Waals surface area contributed by atoms with Crippen molar-refractivity contribution in [2.45, 2.75) is 26.2 Å². The number of rotatable bonds is 3. The van der Waals surface area contributed by atoms with Gasteiger partial charge in [0.2, 0.25) is 5.95 Å². The van der Waals surface area contributed by atoms with Gasteiger partial charge in [-0.2, -0.15) is 23.3 Å². The molecule has 0 bridgehead atoms. The first kappa shape index (κ1) is 23.8. The number of fused-ring (bicyclic) bond motifs is 1. The van der Waals surface area contributed by atoms with Crippen LogP contribution >= 0.6 is 0 Å². The molecule has 0 atom stereocenters. The third-order valence-electron chi connectivity index (χ3n) is 4.29. The van der Waals surface area contributed by atoms with Gasteiger partial charge in [-0.15, -0.1) is 12.1 Å². The second kappa shape index (κ2) is 9.54. The largest absolute Gasteiger partial charge is 0.358 e. The van der Waals surface area contributed by atoms with Crippen molar-refractivity contribution in [3.05, 3.63) is 73.8 Å². The van der Waals surface area contributed by atoms with E-state index in [2.05, 4.69) is 52.5 Å². The van der Waals surface area contributed by atoms with Gasteiger partial charge >= 0.3 is 6.03 Å². The molecular formula is C22H24N6OY-2. The average molecular weight is 477 g/mol. The van der Waals surface area contributed by atoms with Gasteiger partial charge < -0.3 is 12.4 Å². The Balaban J connectivity index is 0.00000160. The second-order valence-electron chi connectivity index (χ2n) is 7.52. The van der Waals surface area contributed by atoms with Gasteiger partial charge in [0.1, 0.15) is 5.82 Å². The smallest absolute Gasteiger partial charge is 0.327 e. The second-order valence-corrected chi connectivity index (χ2v) is 7.52. The zero-order valence-electron chi connectivity index (χ0n) is 17.5. The van der Waals surface area contributed by atoms with Crippen LogP contribution in [0, 0.1) is 13.5 Å². The Hall–Kier alpha value is -2.51. The van der Waals surface area contributed by atoms with Crippen molar-refractivity contribution in [1.82, 2.24) is 19.7 Å². The minimum absolute atomic E-state index is 0. The summed E-state index contributed by atoms with van der Waals surface area (Å²) in [5.74, 6) is 0.958. The van der Waals surface area contributed by atoms with E-state index in [1.165, 1.54) is 0 Å². The van der Waals surface area contributed by atoms with Gasteiger partial charge in [-0.1, -0.05) is 32.9 Å². The molecule has 30 heavy (non-hydrogen) atoms. The molecule has 4 aromatic rings. The van der Waals surface area contributed by atoms with Crippen LogP contribution in [0.25, 0.3) is 16.7 Å². The van der Waals surface area contributed by atoms with Crippen LogP contribution in [0.5, 0.6) is 0 Å². The minimum atomic E-state index is -0.400. The van der Waals surface area contributed by atoms with Crippen molar-refractivity contribution < 1.29 is 37.5 Å². The number of amides is 2. The van der Waals surface area contributed by atoms with Gasteiger partial charge in [0.15, 0.2) is 0 Å². The Labute approximate surface area is 201 Å². The number of aromatic nitrogens is 4. The number of H-pyrrole nitrogens is 1. The van der Waals surface area contributed by atoms with Gasteiger partial charge in [-0.3, -0.25) is 10.6 Å². The number of nitrogens with zero attached hydrogens (tertiary/aromatic N) is 3. The normalized spacial score (nSPS) is 10.8. The summed E-state index contributed by atoms with van der Waals surface area (Å²) in [6.45, 7) is 6.24. The number of hydrogen-bond donors (Lipinski definition) is 3. The molecule has 0 fully saturated rings. The van der Waals surface area contributed by atoms with E-state index in [1.807, 2.05) is 54.6 Å². The van der Waals surface area contributed by atoms with Crippen molar-refractivity contribution in [1.29, 1.82) is 0 Å². The number of para-hydroxylation sites is 2. The van der Waals surface area contributed by atoms with E-state index in [1.54, 1.807) is 4.68 Å². The molecule has 0 aliphatic rings. The number of urea groups is 1. The Morgan fingerprint density at radius 1 is 1.10 bits per heavy atom. The van der Waals surface area contributed by atoms with Gasteiger partial charge in [-0.05, 0) is 17.8 Å². The SMILES string of the molecule is CC(C)(C)c1cc(NC(=O)Nc2nc3ccccc3[nH]2)n(-c2cc[c-]cc2)n1.[CH3-].[Y]. The zero-order chi connectivity index (χ0) is 19.7. The topological polar surface area (TPSA) is 87.6 Å². The predicted octanol–water partition coefficient (Wildman–Crippen LogP) is 4.94. The number of imidazole rings is 1. The van der Waals surface area contributed by atoms with Crippen LogP contribution in [-0.4, -0.2) is 25.8 Å². The fourth-order valence-corrected chi connectivity index (χ4v) is 2.82. The maximum absolute atomic E-state index is 12.6. The summed E-state index contributed by atoms with van der Waals surface area (Å²) in [5, 5.41) is 10.3. The molecule has 153 valence electrons. The van der Waals surface area contributed by atoms with E-state index in [9.17, 15) is 4.79 Å². The Morgan fingerprint density at radius 2 is 1.80 bits per heavy atom. The van der Waals surface area contributed by atoms with Crippen molar-refractivity contribution in [3.8, 4) is 5.69 Å². The minimum Gasteiger partial charge on any atom is -0.358 e. The van der Waals surface area contributed by atoms with Gasteiger partial charge in [0.05, 0.1) is 16.7 Å². The summed E-state index contributed by atoms with van der Waals surface area (Å²) in [5.41, 5.74) is 3.21. The maximum atomic E-state index is 12.6. The summed E-state index contributed by atoms with van der Waals surface area (Å²) < 4.78 is 1.71. The molecular weight excluding hydrogens is 453 g/mol. The zero-order valence-corrected chi connectivity index (χ0v) is 20.4. The molecule has 2 amide bonds. The molecule has 1 radical (unpaired) electrons. The number of carbonyl (C=O) groups excluding carboxylic acids is 1.